The number of hydrogen-bond acceptors (Lipinski definition) is 4. The van der Waals surface area contributed by atoms with Crippen molar-refractivity contribution < 1.29 is 14.6 Å². The molecule has 0 bridgehead atoms. The Labute approximate surface area is 135 Å². The van der Waals surface area contributed by atoms with E-state index in [2.05, 4.69) is 35.1 Å². The lowest BCUT2D eigenvalue weighted by atomic mass is 9.88. The Morgan fingerprint density at radius 2 is 2.14 bits per heavy atom. The van der Waals surface area contributed by atoms with Gasteiger partial charge in [-0.2, -0.15) is 0 Å². The Kier molecular flexibility index (Phi) is 7.35. The van der Waals surface area contributed by atoms with Crippen LogP contribution in [0, 0.1) is 5.41 Å². The highest BCUT2D eigenvalue weighted by Crippen LogP contribution is 2.22. The lowest BCUT2D eigenvalue weighted by Gasteiger charge is -2.25. The fourth-order valence-electron chi connectivity index (χ4n) is 2.12. The van der Waals surface area contributed by atoms with Crippen molar-refractivity contribution in [3.63, 3.8) is 0 Å². The zero-order valence-electron chi connectivity index (χ0n) is 12.9. The van der Waals surface area contributed by atoms with Gasteiger partial charge < -0.3 is 15.2 Å². The summed E-state index contributed by atoms with van der Waals surface area (Å²) in [4.78, 5) is 11.4. The van der Waals surface area contributed by atoms with Crippen molar-refractivity contribution >= 4 is 21.9 Å². The molecule has 0 atom stereocenters. The number of carbonyl (C=O) groups is 1. The first-order valence-corrected chi connectivity index (χ1v) is 7.87. The van der Waals surface area contributed by atoms with Gasteiger partial charge in [0, 0.05) is 24.2 Å². The van der Waals surface area contributed by atoms with Crippen molar-refractivity contribution in [2.24, 2.45) is 5.41 Å². The minimum Gasteiger partial charge on any atom is -0.465 e. The second-order valence-electron chi connectivity index (χ2n) is 5.89. The van der Waals surface area contributed by atoms with E-state index in [1.807, 2.05) is 6.07 Å². The van der Waals surface area contributed by atoms with Crippen LogP contribution in [0.1, 0.15) is 42.6 Å². The number of aliphatic hydroxyl groups is 1. The van der Waals surface area contributed by atoms with Gasteiger partial charge >= 0.3 is 5.97 Å². The number of esters is 1. The standard InChI is InChI=1S/C16H24BrNO3/c1-16(2,7-4-8-19)11-18-10-13-6-5-12(9-14(13)17)15(20)21-3/h5-6,9,18-19H,4,7-8,10-11H2,1-3H3. The number of benzene rings is 1. The van der Waals surface area contributed by atoms with E-state index in [0.717, 1.165) is 36.0 Å². The molecule has 0 aliphatic rings. The predicted octanol–water partition coefficient (Wildman–Crippen LogP) is 3.12. The summed E-state index contributed by atoms with van der Waals surface area (Å²) in [6, 6.07) is 5.47. The third-order valence-corrected chi connectivity index (χ3v) is 4.14. The lowest BCUT2D eigenvalue weighted by molar-refractivity contribution is 0.0600. The van der Waals surface area contributed by atoms with Gasteiger partial charge in [-0.05, 0) is 36.0 Å². The van der Waals surface area contributed by atoms with E-state index in [-0.39, 0.29) is 18.0 Å². The fourth-order valence-corrected chi connectivity index (χ4v) is 2.64. The Hall–Kier alpha value is -0.910. The molecule has 0 heterocycles. The van der Waals surface area contributed by atoms with Crippen molar-refractivity contribution in [1.82, 2.24) is 5.32 Å². The van der Waals surface area contributed by atoms with E-state index >= 15 is 0 Å². The van der Waals surface area contributed by atoms with E-state index in [9.17, 15) is 4.79 Å². The summed E-state index contributed by atoms with van der Waals surface area (Å²) >= 11 is 3.49. The molecule has 0 aliphatic carbocycles. The van der Waals surface area contributed by atoms with Gasteiger partial charge in [0.15, 0.2) is 0 Å². The number of rotatable bonds is 8. The molecule has 1 aromatic rings. The molecule has 4 nitrogen and oxygen atoms in total. The van der Waals surface area contributed by atoms with E-state index in [1.165, 1.54) is 7.11 Å². The number of ether oxygens (including phenoxy) is 1. The first kappa shape index (κ1) is 18.1. The van der Waals surface area contributed by atoms with Gasteiger partial charge in [-0.25, -0.2) is 4.79 Å². The van der Waals surface area contributed by atoms with E-state index in [0.29, 0.717) is 5.56 Å². The number of nitrogens with one attached hydrogen (secondary N) is 1. The van der Waals surface area contributed by atoms with E-state index in [4.69, 9.17) is 9.84 Å². The van der Waals surface area contributed by atoms with Gasteiger partial charge in [0.1, 0.15) is 0 Å². The highest BCUT2D eigenvalue weighted by molar-refractivity contribution is 9.10. The molecule has 0 amide bonds. The van der Waals surface area contributed by atoms with Crippen molar-refractivity contribution in [2.45, 2.75) is 33.2 Å². The summed E-state index contributed by atoms with van der Waals surface area (Å²) in [5, 5.41) is 12.3. The van der Waals surface area contributed by atoms with Crippen LogP contribution in [0.15, 0.2) is 22.7 Å². The molecule has 0 aliphatic heterocycles. The molecule has 0 saturated carbocycles. The summed E-state index contributed by atoms with van der Waals surface area (Å²) in [7, 11) is 1.38. The molecule has 0 saturated heterocycles. The normalized spacial score (nSPS) is 11.5. The van der Waals surface area contributed by atoms with Crippen molar-refractivity contribution in [1.29, 1.82) is 0 Å². The Morgan fingerprint density at radius 3 is 2.71 bits per heavy atom. The summed E-state index contributed by atoms with van der Waals surface area (Å²) in [6.07, 6.45) is 1.81. The number of methoxy groups -OCH3 is 1. The number of aliphatic hydroxyl groups excluding tert-OH is 1. The number of carbonyl (C=O) groups excluding carboxylic acids is 1. The lowest BCUT2D eigenvalue weighted by Crippen LogP contribution is -2.29. The van der Waals surface area contributed by atoms with Crippen LogP contribution in [0.25, 0.3) is 0 Å². The van der Waals surface area contributed by atoms with Crippen LogP contribution in [0.5, 0.6) is 0 Å². The second kappa shape index (κ2) is 8.51. The highest BCUT2D eigenvalue weighted by atomic mass is 79.9. The first-order chi connectivity index (χ1) is 9.89. The third kappa shape index (κ3) is 6.16. The summed E-state index contributed by atoms with van der Waals surface area (Å²) in [5.74, 6) is -0.333. The van der Waals surface area contributed by atoms with Crippen molar-refractivity contribution in [3.05, 3.63) is 33.8 Å². The van der Waals surface area contributed by atoms with Crippen LogP contribution in [-0.4, -0.2) is 31.3 Å². The minimum absolute atomic E-state index is 0.154. The molecule has 1 rings (SSSR count). The fraction of sp³-hybridized carbons (Fsp3) is 0.562. The Morgan fingerprint density at radius 1 is 1.43 bits per heavy atom. The molecule has 2 N–H and O–H groups in total. The van der Waals surface area contributed by atoms with Crippen LogP contribution >= 0.6 is 15.9 Å². The minimum atomic E-state index is -0.333. The first-order valence-electron chi connectivity index (χ1n) is 7.08. The molecule has 0 radical (unpaired) electrons. The largest absolute Gasteiger partial charge is 0.465 e. The molecule has 0 spiro atoms. The maximum atomic E-state index is 11.4. The van der Waals surface area contributed by atoms with Gasteiger partial charge in [0.2, 0.25) is 0 Å². The molecule has 5 heteroatoms. The van der Waals surface area contributed by atoms with Gasteiger partial charge in [-0.1, -0.05) is 35.8 Å². The average molecular weight is 358 g/mol. The molecular formula is C16H24BrNO3. The van der Waals surface area contributed by atoms with Gasteiger partial charge in [-0.3, -0.25) is 0 Å². The summed E-state index contributed by atoms with van der Waals surface area (Å²) in [5.41, 5.74) is 1.79. The number of halogens is 1. The van der Waals surface area contributed by atoms with Crippen LogP contribution in [0.3, 0.4) is 0 Å². The molecule has 0 fully saturated rings. The second-order valence-corrected chi connectivity index (χ2v) is 6.75. The molecule has 21 heavy (non-hydrogen) atoms. The Bertz CT molecular complexity index is 475. The van der Waals surface area contributed by atoms with Gasteiger partial charge in [0.05, 0.1) is 12.7 Å². The van der Waals surface area contributed by atoms with Crippen LogP contribution in [0.2, 0.25) is 0 Å². The van der Waals surface area contributed by atoms with Gasteiger partial charge in [0.25, 0.3) is 0 Å². The molecule has 0 unspecified atom stereocenters. The highest BCUT2D eigenvalue weighted by Gasteiger charge is 2.17. The van der Waals surface area contributed by atoms with Crippen molar-refractivity contribution in [2.75, 3.05) is 20.3 Å². The third-order valence-electron chi connectivity index (χ3n) is 3.40. The Balaban J connectivity index is 2.54. The summed E-state index contributed by atoms with van der Waals surface area (Å²) in [6.45, 7) is 6.21. The van der Waals surface area contributed by atoms with Crippen LogP contribution in [-0.2, 0) is 11.3 Å². The van der Waals surface area contributed by atoms with Crippen LogP contribution in [0.4, 0.5) is 0 Å². The van der Waals surface area contributed by atoms with E-state index in [1.54, 1.807) is 12.1 Å². The van der Waals surface area contributed by atoms with Crippen molar-refractivity contribution in [3.8, 4) is 0 Å². The smallest absolute Gasteiger partial charge is 0.337 e. The van der Waals surface area contributed by atoms with Gasteiger partial charge in [-0.15, -0.1) is 0 Å². The molecule has 1 aromatic carbocycles. The number of hydrogen-bond donors (Lipinski definition) is 2. The quantitative estimate of drug-likeness (QED) is 0.701. The zero-order valence-corrected chi connectivity index (χ0v) is 14.5. The topological polar surface area (TPSA) is 58.6 Å². The summed E-state index contributed by atoms with van der Waals surface area (Å²) < 4.78 is 5.59. The average Bonchev–Trinajstić information content (AvgIpc) is 2.46. The van der Waals surface area contributed by atoms with E-state index < -0.39 is 0 Å². The van der Waals surface area contributed by atoms with Crippen LogP contribution < -0.4 is 5.32 Å². The molecular weight excluding hydrogens is 334 g/mol. The maximum Gasteiger partial charge on any atom is 0.337 e. The predicted molar refractivity (Wildman–Crippen MR) is 87.3 cm³/mol. The maximum absolute atomic E-state index is 11.4. The zero-order chi connectivity index (χ0) is 15.9. The monoisotopic (exact) mass is 357 g/mol. The molecule has 118 valence electrons. The SMILES string of the molecule is COC(=O)c1ccc(CNCC(C)(C)CCCO)c(Br)c1. The molecule has 0 aromatic heterocycles.